The zero-order chi connectivity index (χ0) is 16.8. The fourth-order valence-corrected chi connectivity index (χ4v) is 4.26. The molecule has 0 bridgehead atoms. The lowest BCUT2D eigenvalue weighted by atomic mass is 9.96. The second-order valence-corrected chi connectivity index (χ2v) is 7.20. The Balaban J connectivity index is 1.60. The van der Waals surface area contributed by atoms with Crippen LogP contribution >= 0.6 is 11.3 Å². The van der Waals surface area contributed by atoms with Crippen molar-refractivity contribution < 1.29 is 9.84 Å². The van der Waals surface area contributed by atoms with Crippen LogP contribution in [0.2, 0.25) is 0 Å². The van der Waals surface area contributed by atoms with Crippen LogP contribution in [-0.4, -0.2) is 15.8 Å². The van der Waals surface area contributed by atoms with E-state index in [1.165, 1.54) is 0 Å². The van der Waals surface area contributed by atoms with E-state index in [2.05, 4.69) is 22.5 Å². The second kappa shape index (κ2) is 5.63. The van der Waals surface area contributed by atoms with Gasteiger partial charge < -0.3 is 9.84 Å². The van der Waals surface area contributed by atoms with Crippen LogP contribution in [0.5, 0.6) is 11.5 Å². The van der Waals surface area contributed by atoms with Crippen LogP contribution in [0.15, 0.2) is 71.1 Å². The van der Waals surface area contributed by atoms with Crippen molar-refractivity contribution in [1.82, 2.24) is 5.01 Å². The van der Waals surface area contributed by atoms with Crippen molar-refractivity contribution in [2.75, 3.05) is 0 Å². The van der Waals surface area contributed by atoms with Crippen molar-refractivity contribution in [2.45, 2.75) is 18.7 Å². The molecule has 0 saturated heterocycles. The van der Waals surface area contributed by atoms with E-state index in [0.717, 1.165) is 33.9 Å². The number of fused-ring (bicyclic) bond motifs is 3. The highest BCUT2D eigenvalue weighted by Crippen LogP contribution is 2.48. The molecule has 5 rings (SSSR count). The summed E-state index contributed by atoms with van der Waals surface area (Å²) in [4.78, 5) is 1.14. The molecular weight excluding hydrogens is 332 g/mol. The normalized spacial score (nSPS) is 21.3. The van der Waals surface area contributed by atoms with Gasteiger partial charge in [-0.3, -0.25) is 0 Å². The molecule has 3 aromatic rings. The molecule has 2 atom stereocenters. The van der Waals surface area contributed by atoms with Crippen LogP contribution < -0.4 is 4.74 Å². The zero-order valence-electron chi connectivity index (χ0n) is 13.4. The number of benzene rings is 2. The molecule has 2 aromatic carbocycles. The Morgan fingerprint density at radius 3 is 2.84 bits per heavy atom. The molecule has 5 heteroatoms. The Morgan fingerprint density at radius 2 is 2.00 bits per heavy atom. The van der Waals surface area contributed by atoms with Crippen LogP contribution in [-0.2, 0) is 0 Å². The summed E-state index contributed by atoms with van der Waals surface area (Å²) in [6.07, 6.45) is 0.584. The van der Waals surface area contributed by atoms with Crippen molar-refractivity contribution in [2.24, 2.45) is 5.10 Å². The topological polar surface area (TPSA) is 45.1 Å². The average molecular weight is 348 g/mol. The zero-order valence-corrected chi connectivity index (χ0v) is 14.2. The second-order valence-electron chi connectivity index (χ2n) is 6.22. The van der Waals surface area contributed by atoms with E-state index in [-0.39, 0.29) is 18.0 Å². The van der Waals surface area contributed by atoms with E-state index >= 15 is 0 Å². The SMILES string of the molecule is Oc1cccc(C2=NN3[C@H](C2)c2ccccc2O[C@@H]3c2cccs2)c1. The molecule has 25 heavy (non-hydrogen) atoms. The molecule has 0 radical (unpaired) electrons. The molecular formula is C20H16N2O2S. The van der Waals surface area contributed by atoms with Crippen molar-refractivity contribution in [3.63, 3.8) is 0 Å². The van der Waals surface area contributed by atoms with E-state index in [0.29, 0.717) is 0 Å². The van der Waals surface area contributed by atoms with Gasteiger partial charge in [-0.25, -0.2) is 5.01 Å². The van der Waals surface area contributed by atoms with Gasteiger partial charge in [0, 0.05) is 17.5 Å². The fourth-order valence-electron chi connectivity index (χ4n) is 3.51. The fraction of sp³-hybridized carbons (Fsp3) is 0.150. The first-order chi connectivity index (χ1) is 12.3. The largest absolute Gasteiger partial charge is 0.508 e. The number of thiophene rings is 1. The molecule has 0 spiro atoms. The molecule has 2 aliphatic rings. The van der Waals surface area contributed by atoms with Gasteiger partial charge in [-0.2, -0.15) is 5.10 Å². The summed E-state index contributed by atoms with van der Waals surface area (Å²) in [6, 6.07) is 19.7. The Morgan fingerprint density at radius 1 is 1.08 bits per heavy atom. The summed E-state index contributed by atoms with van der Waals surface area (Å²) in [5.41, 5.74) is 3.09. The van der Waals surface area contributed by atoms with Gasteiger partial charge in [-0.15, -0.1) is 11.3 Å². The molecule has 2 aliphatic heterocycles. The number of phenolic OH excluding ortho intramolecular Hbond substituents is 1. The van der Waals surface area contributed by atoms with Crippen LogP contribution in [0.4, 0.5) is 0 Å². The Bertz CT molecular complexity index is 952. The van der Waals surface area contributed by atoms with E-state index in [9.17, 15) is 5.11 Å². The number of para-hydroxylation sites is 1. The van der Waals surface area contributed by atoms with Gasteiger partial charge in [0.25, 0.3) is 0 Å². The predicted molar refractivity (Wildman–Crippen MR) is 98.0 cm³/mol. The van der Waals surface area contributed by atoms with E-state index in [4.69, 9.17) is 9.84 Å². The number of rotatable bonds is 2. The van der Waals surface area contributed by atoms with Crippen LogP contribution in [0, 0.1) is 0 Å². The lowest BCUT2D eigenvalue weighted by Gasteiger charge is -2.37. The lowest BCUT2D eigenvalue weighted by molar-refractivity contribution is -0.0165. The molecule has 1 N–H and O–H groups in total. The Kier molecular flexibility index (Phi) is 3.28. The number of phenols is 1. The number of hydrazone groups is 1. The third kappa shape index (κ3) is 2.39. The highest BCUT2D eigenvalue weighted by molar-refractivity contribution is 7.10. The summed E-state index contributed by atoms with van der Waals surface area (Å²) in [5, 5.41) is 18.8. The third-order valence-corrected chi connectivity index (χ3v) is 5.57. The average Bonchev–Trinajstić information content (AvgIpc) is 3.31. The van der Waals surface area contributed by atoms with Gasteiger partial charge >= 0.3 is 0 Å². The molecule has 0 unspecified atom stereocenters. The van der Waals surface area contributed by atoms with E-state index in [1.807, 2.05) is 36.4 Å². The van der Waals surface area contributed by atoms with Crippen LogP contribution in [0.3, 0.4) is 0 Å². The maximum atomic E-state index is 9.80. The summed E-state index contributed by atoms with van der Waals surface area (Å²) >= 11 is 1.68. The number of hydrogen-bond acceptors (Lipinski definition) is 5. The van der Waals surface area contributed by atoms with Gasteiger partial charge in [-0.1, -0.05) is 36.4 Å². The van der Waals surface area contributed by atoms with E-state index in [1.54, 1.807) is 23.5 Å². The molecule has 0 fully saturated rings. The van der Waals surface area contributed by atoms with Gasteiger partial charge in [0.1, 0.15) is 11.5 Å². The van der Waals surface area contributed by atoms with Crippen molar-refractivity contribution >= 4 is 17.0 Å². The Labute approximate surface area is 149 Å². The standard InChI is InChI=1S/C20H16N2O2S/c23-14-6-3-5-13(11-14)16-12-17-15-7-1-2-8-18(15)24-20(22(17)21-16)19-9-4-10-25-19/h1-11,17,20,23H,12H2/t17-,20-/m1/s1. The van der Waals surface area contributed by atoms with Gasteiger partial charge in [0.2, 0.25) is 6.23 Å². The molecule has 0 aliphatic carbocycles. The van der Waals surface area contributed by atoms with Gasteiger partial charge in [-0.05, 0) is 29.6 Å². The lowest BCUT2D eigenvalue weighted by Crippen LogP contribution is -2.33. The molecule has 3 heterocycles. The third-order valence-electron chi connectivity index (χ3n) is 4.67. The van der Waals surface area contributed by atoms with Crippen LogP contribution in [0.25, 0.3) is 0 Å². The minimum absolute atomic E-state index is 0.148. The summed E-state index contributed by atoms with van der Waals surface area (Å²) in [7, 11) is 0. The van der Waals surface area contributed by atoms with Gasteiger partial charge in [0.15, 0.2) is 0 Å². The minimum Gasteiger partial charge on any atom is -0.508 e. The highest BCUT2D eigenvalue weighted by atomic mass is 32.1. The van der Waals surface area contributed by atoms with Crippen molar-refractivity contribution in [3.05, 3.63) is 82.0 Å². The summed E-state index contributed by atoms with van der Waals surface area (Å²) in [5.74, 6) is 1.19. The summed E-state index contributed by atoms with van der Waals surface area (Å²) < 4.78 is 6.28. The molecule has 1 aromatic heterocycles. The van der Waals surface area contributed by atoms with E-state index < -0.39 is 0 Å². The van der Waals surface area contributed by atoms with Crippen molar-refractivity contribution in [3.8, 4) is 11.5 Å². The molecule has 0 amide bonds. The monoisotopic (exact) mass is 348 g/mol. The number of nitrogens with zero attached hydrogens (tertiary/aromatic N) is 2. The highest BCUT2D eigenvalue weighted by Gasteiger charge is 2.41. The Hall–Kier alpha value is -2.79. The summed E-state index contributed by atoms with van der Waals surface area (Å²) in [6.45, 7) is 0. The first kappa shape index (κ1) is 14.5. The maximum absolute atomic E-state index is 9.80. The number of ether oxygens (including phenoxy) is 1. The minimum atomic E-state index is -0.213. The first-order valence-electron chi connectivity index (χ1n) is 8.24. The molecule has 4 nitrogen and oxygen atoms in total. The van der Waals surface area contributed by atoms with Gasteiger partial charge in [0.05, 0.1) is 16.6 Å². The molecule has 0 saturated carbocycles. The number of hydrogen-bond donors (Lipinski definition) is 1. The number of aromatic hydroxyl groups is 1. The quantitative estimate of drug-likeness (QED) is 0.730. The predicted octanol–water partition coefficient (Wildman–Crippen LogP) is 4.70. The smallest absolute Gasteiger partial charge is 0.222 e. The first-order valence-corrected chi connectivity index (χ1v) is 9.12. The molecule has 124 valence electrons. The maximum Gasteiger partial charge on any atom is 0.222 e. The van der Waals surface area contributed by atoms with Crippen molar-refractivity contribution in [1.29, 1.82) is 0 Å². The van der Waals surface area contributed by atoms with Crippen LogP contribution in [0.1, 0.15) is 34.7 Å².